The van der Waals surface area contributed by atoms with E-state index in [-0.39, 0.29) is 29.9 Å². The number of amides is 1. The van der Waals surface area contributed by atoms with Gasteiger partial charge < -0.3 is 4.90 Å². The summed E-state index contributed by atoms with van der Waals surface area (Å²) in [6, 6.07) is 29.1. The van der Waals surface area contributed by atoms with E-state index in [2.05, 4.69) is 58.4 Å². The third kappa shape index (κ3) is 5.81. The van der Waals surface area contributed by atoms with Gasteiger partial charge in [-0.25, -0.2) is 4.98 Å². The third-order valence-electron chi connectivity index (χ3n) is 6.24. The molecule has 1 saturated heterocycles. The Labute approximate surface area is 213 Å². The van der Waals surface area contributed by atoms with E-state index >= 15 is 0 Å². The highest BCUT2D eigenvalue weighted by Crippen LogP contribution is 2.31. The minimum Gasteiger partial charge on any atom is -0.340 e. The van der Waals surface area contributed by atoms with Crippen LogP contribution in [0.1, 0.15) is 23.6 Å². The lowest BCUT2D eigenvalue weighted by Crippen LogP contribution is -2.50. The molecule has 0 aliphatic carbocycles. The second kappa shape index (κ2) is 11.2. The van der Waals surface area contributed by atoms with Crippen molar-refractivity contribution < 1.29 is 9.59 Å². The number of hydrogen-bond donors (Lipinski definition) is 0. The smallest absolute Gasteiger partial charge is 0.230 e. The van der Waals surface area contributed by atoms with Gasteiger partial charge in [-0.3, -0.25) is 14.5 Å². The fraction of sp³-hybridized carbons (Fsp3) is 0.250. The van der Waals surface area contributed by atoms with Crippen LogP contribution in [0.25, 0.3) is 10.2 Å². The van der Waals surface area contributed by atoms with Crippen LogP contribution >= 0.6 is 23.1 Å². The van der Waals surface area contributed by atoms with Crippen LogP contribution in [-0.2, 0) is 9.59 Å². The SMILES string of the molecule is O=C(CSc1nc2ccccc2s1)CC(=O)N1CCN(C(c2ccccc2)c2ccccc2)CC1. The second-order valence-corrected chi connectivity index (χ2v) is 10.8. The molecule has 1 amide bonds. The average molecular weight is 502 g/mol. The molecule has 3 aromatic carbocycles. The number of ketones is 1. The Morgan fingerprint density at radius 1 is 0.829 bits per heavy atom. The fourth-order valence-corrected chi connectivity index (χ4v) is 6.43. The van der Waals surface area contributed by atoms with E-state index in [0.29, 0.717) is 13.1 Å². The number of aromatic nitrogens is 1. The van der Waals surface area contributed by atoms with Gasteiger partial charge in [-0.2, -0.15) is 0 Å². The molecule has 1 aliphatic heterocycles. The number of thiazole rings is 1. The highest BCUT2D eigenvalue weighted by molar-refractivity contribution is 8.01. The monoisotopic (exact) mass is 501 g/mol. The normalized spacial score (nSPS) is 14.5. The number of benzene rings is 3. The Kier molecular flexibility index (Phi) is 7.57. The van der Waals surface area contributed by atoms with Gasteiger partial charge in [-0.1, -0.05) is 84.6 Å². The Morgan fingerprint density at radius 3 is 2.06 bits per heavy atom. The summed E-state index contributed by atoms with van der Waals surface area (Å²) in [5, 5.41) is 0. The van der Waals surface area contributed by atoms with Crippen LogP contribution in [0.2, 0.25) is 0 Å². The van der Waals surface area contributed by atoms with Crippen molar-refractivity contribution in [2.75, 3.05) is 31.9 Å². The standard InChI is InChI=1S/C28H27N3O2S2/c32-23(20-34-28-29-24-13-7-8-14-25(24)35-28)19-26(33)30-15-17-31(18-16-30)27(21-9-3-1-4-10-21)22-11-5-2-6-12-22/h1-14,27H,15-20H2. The van der Waals surface area contributed by atoms with E-state index in [1.165, 1.54) is 22.9 Å². The number of piperazine rings is 1. The molecule has 178 valence electrons. The molecule has 35 heavy (non-hydrogen) atoms. The molecule has 1 aliphatic rings. The van der Waals surface area contributed by atoms with Gasteiger partial charge in [0.15, 0.2) is 10.1 Å². The molecule has 0 unspecified atom stereocenters. The quantitative estimate of drug-likeness (QED) is 0.243. The molecule has 5 nitrogen and oxygen atoms in total. The Hall–Kier alpha value is -3.00. The summed E-state index contributed by atoms with van der Waals surface area (Å²) in [4.78, 5) is 34.2. The van der Waals surface area contributed by atoms with E-state index in [0.717, 1.165) is 27.6 Å². The predicted molar refractivity (Wildman–Crippen MR) is 143 cm³/mol. The molecular formula is C28H27N3O2S2. The number of nitrogens with zero attached hydrogens (tertiary/aromatic N) is 3. The molecule has 0 saturated carbocycles. The maximum absolute atomic E-state index is 12.8. The molecule has 1 aromatic heterocycles. The van der Waals surface area contributed by atoms with Gasteiger partial charge >= 0.3 is 0 Å². The maximum atomic E-state index is 12.8. The second-order valence-electron chi connectivity index (χ2n) is 8.59. The molecule has 0 bridgehead atoms. The fourth-order valence-electron chi connectivity index (χ4n) is 4.50. The van der Waals surface area contributed by atoms with Crippen molar-refractivity contribution in [3.8, 4) is 0 Å². The lowest BCUT2D eigenvalue weighted by Gasteiger charge is -2.39. The third-order valence-corrected chi connectivity index (χ3v) is 8.48. The topological polar surface area (TPSA) is 53.5 Å². The highest BCUT2D eigenvalue weighted by Gasteiger charge is 2.28. The number of carbonyl (C=O) groups is 2. The van der Waals surface area contributed by atoms with Gasteiger partial charge in [0.2, 0.25) is 5.91 Å². The minimum atomic E-state index is -0.0736. The van der Waals surface area contributed by atoms with Crippen LogP contribution in [0.5, 0.6) is 0 Å². The highest BCUT2D eigenvalue weighted by atomic mass is 32.2. The largest absolute Gasteiger partial charge is 0.340 e. The van der Waals surface area contributed by atoms with Crippen LogP contribution in [0.4, 0.5) is 0 Å². The molecule has 0 radical (unpaired) electrons. The zero-order chi connectivity index (χ0) is 24.0. The average Bonchev–Trinajstić information content (AvgIpc) is 3.32. The lowest BCUT2D eigenvalue weighted by atomic mass is 9.96. The van der Waals surface area contributed by atoms with E-state index in [1.807, 2.05) is 41.3 Å². The van der Waals surface area contributed by atoms with Crippen molar-refractivity contribution in [2.45, 2.75) is 16.8 Å². The van der Waals surface area contributed by atoms with Gasteiger partial charge in [0, 0.05) is 26.2 Å². The van der Waals surface area contributed by atoms with Crippen molar-refractivity contribution in [3.63, 3.8) is 0 Å². The van der Waals surface area contributed by atoms with Crippen molar-refractivity contribution in [2.24, 2.45) is 0 Å². The van der Waals surface area contributed by atoms with Gasteiger partial charge in [-0.05, 0) is 23.3 Å². The van der Waals surface area contributed by atoms with E-state index < -0.39 is 0 Å². The number of Topliss-reactive ketones (excluding diaryl/α,β-unsaturated/α-hetero) is 1. The van der Waals surface area contributed by atoms with Crippen LogP contribution in [0, 0.1) is 0 Å². The predicted octanol–water partition coefficient (Wildman–Crippen LogP) is 5.28. The van der Waals surface area contributed by atoms with Crippen molar-refractivity contribution >= 4 is 45.0 Å². The minimum absolute atomic E-state index is 0.0430. The van der Waals surface area contributed by atoms with Crippen LogP contribution in [0.15, 0.2) is 89.3 Å². The van der Waals surface area contributed by atoms with Crippen molar-refractivity contribution in [1.29, 1.82) is 0 Å². The van der Waals surface area contributed by atoms with Gasteiger partial charge in [-0.15, -0.1) is 11.3 Å². The van der Waals surface area contributed by atoms with E-state index in [9.17, 15) is 9.59 Å². The maximum Gasteiger partial charge on any atom is 0.230 e. The summed E-state index contributed by atoms with van der Waals surface area (Å²) in [5.41, 5.74) is 3.45. The first kappa shape index (κ1) is 23.7. The zero-order valence-electron chi connectivity index (χ0n) is 19.4. The summed E-state index contributed by atoms with van der Waals surface area (Å²) in [7, 11) is 0. The number of thioether (sulfide) groups is 1. The number of para-hydroxylation sites is 1. The summed E-state index contributed by atoms with van der Waals surface area (Å²) >= 11 is 3.01. The zero-order valence-corrected chi connectivity index (χ0v) is 21.0. The number of rotatable bonds is 8. The Balaban J connectivity index is 1.15. The van der Waals surface area contributed by atoms with Crippen LogP contribution in [-0.4, -0.2) is 58.4 Å². The molecule has 0 spiro atoms. The van der Waals surface area contributed by atoms with Crippen molar-refractivity contribution in [1.82, 2.24) is 14.8 Å². The molecule has 5 rings (SSSR count). The van der Waals surface area contributed by atoms with E-state index in [4.69, 9.17) is 0 Å². The van der Waals surface area contributed by atoms with Crippen LogP contribution in [0.3, 0.4) is 0 Å². The molecule has 2 heterocycles. The Bertz CT molecular complexity index is 1210. The van der Waals surface area contributed by atoms with Gasteiger partial charge in [0.1, 0.15) is 0 Å². The van der Waals surface area contributed by atoms with Gasteiger partial charge in [0.05, 0.1) is 28.4 Å². The first-order valence-corrected chi connectivity index (χ1v) is 13.6. The van der Waals surface area contributed by atoms with Gasteiger partial charge in [0.25, 0.3) is 0 Å². The summed E-state index contributed by atoms with van der Waals surface area (Å²) in [5.74, 6) is 0.152. The first-order chi connectivity index (χ1) is 17.2. The van der Waals surface area contributed by atoms with E-state index in [1.54, 1.807) is 11.3 Å². The molecule has 0 atom stereocenters. The number of carbonyl (C=O) groups excluding carboxylic acids is 2. The van der Waals surface area contributed by atoms with Crippen molar-refractivity contribution in [3.05, 3.63) is 96.1 Å². The summed E-state index contributed by atoms with van der Waals surface area (Å²) in [6.07, 6.45) is -0.0430. The number of hydrogen-bond acceptors (Lipinski definition) is 6. The molecule has 7 heteroatoms. The summed E-state index contributed by atoms with van der Waals surface area (Å²) < 4.78 is 1.98. The Morgan fingerprint density at radius 2 is 1.43 bits per heavy atom. The molecule has 1 fully saturated rings. The lowest BCUT2D eigenvalue weighted by molar-refractivity contribution is -0.136. The molecule has 4 aromatic rings. The molecule has 0 N–H and O–H groups in total. The summed E-state index contributed by atoms with van der Waals surface area (Å²) in [6.45, 7) is 2.81. The number of fused-ring (bicyclic) bond motifs is 1. The first-order valence-electron chi connectivity index (χ1n) is 11.8. The van der Waals surface area contributed by atoms with Crippen LogP contribution < -0.4 is 0 Å². The molecular weight excluding hydrogens is 474 g/mol.